The third kappa shape index (κ3) is 9.76. The van der Waals surface area contributed by atoms with Gasteiger partial charge < -0.3 is 21.3 Å². The van der Waals surface area contributed by atoms with Gasteiger partial charge in [-0.1, -0.05) is 0 Å². The van der Waals surface area contributed by atoms with Gasteiger partial charge in [0.2, 0.25) is 0 Å². The van der Waals surface area contributed by atoms with Crippen LogP contribution in [-0.2, 0) is 0 Å². The SMILES string of the molecule is CNCCN(C)CCNCCCN. The predicted molar refractivity (Wildman–Crippen MR) is 58.0 cm³/mol. The molecule has 0 amide bonds. The van der Waals surface area contributed by atoms with Gasteiger partial charge in [0.15, 0.2) is 0 Å². The molecule has 0 atom stereocenters. The maximum atomic E-state index is 5.38. The van der Waals surface area contributed by atoms with E-state index >= 15 is 0 Å². The molecule has 0 fully saturated rings. The summed E-state index contributed by atoms with van der Waals surface area (Å²) in [7, 11) is 4.12. The average Bonchev–Trinajstić information content (AvgIpc) is 2.14. The van der Waals surface area contributed by atoms with Gasteiger partial charge in [-0.15, -0.1) is 0 Å². The second-order valence-electron chi connectivity index (χ2n) is 3.30. The fourth-order valence-corrected chi connectivity index (χ4v) is 1.04. The topological polar surface area (TPSA) is 53.3 Å². The summed E-state index contributed by atoms with van der Waals surface area (Å²) in [4.78, 5) is 2.31. The Bertz CT molecular complexity index is 97.6. The monoisotopic (exact) mass is 188 g/mol. The van der Waals surface area contributed by atoms with Crippen molar-refractivity contribution in [1.82, 2.24) is 15.5 Å². The van der Waals surface area contributed by atoms with Crippen LogP contribution in [0.4, 0.5) is 0 Å². The van der Waals surface area contributed by atoms with Crippen LogP contribution in [-0.4, -0.2) is 58.3 Å². The molecular formula is C9H24N4. The van der Waals surface area contributed by atoms with E-state index in [1.165, 1.54) is 0 Å². The molecule has 0 aromatic rings. The highest BCUT2D eigenvalue weighted by atomic mass is 15.1. The largest absolute Gasteiger partial charge is 0.330 e. The molecule has 0 aromatic carbocycles. The normalized spacial score (nSPS) is 11.1. The first-order valence-electron chi connectivity index (χ1n) is 5.05. The number of nitrogens with one attached hydrogen (secondary N) is 2. The van der Waals surface area contributed by atoms with Crippen LogP contribution < -0.4 is 16.4 Å². The highest BCUT2D eigenvalue weighted by Crippen LogP contribution is 1.78. The standard InChI is InChI=1S/C9H24N4/c1-11-6-8-13(2)9-7-12-5-3-4-10/h11-12H,3-10H2,1-2H3. The molecule has 0 aliphatic heterocycles. The molecule has 13 heavy (non-hydrogen) atoms. The summed E-state index contributed by atoms with van der Waals surface area (Å²) < 4.78 is 0. The van der Waals surface area contributed by atoms with Crippen LogP contribution in [0.15, 0.2) is 0 Å². The third-order valence-electron chi connectivity index (χ3n) is 1.97. The smallest absolute Gasteiger partial charge is 0.0104 e. The molecule has 0 radical (unpaired) electrons. The summed E-state index contributed by atoms with van der Waals surface area (Å²) in [5.41, 5.74) is 5.38. The Hall–Kier alpha value is -0.160. The first-order chi connectivity index (χ1) is 6.31. The molecule has 0 aliphatic carbocycles. The van der Waals surface area contributed by atoms with Gasteiger partial charge in [-0.05, 0) is 33.6 Å². The summed E-state index contributed by atoms with van der Waals surface area (Å²) in [6.45, 7) is 6.14. The molecule has 0 saturated carbocycles. The van der Waals surface area contributed by atoms with Crippen molar-refractivity contribution in [2.75, 3.05) is 53.4 Å². The molecule has 80 valence electrons. The summed E-state index contributed by atoms with van der Waals surface area (Å²) >= 11 is 0. The zero-order valence-electron chi connectivity index (χ0n) is 8.97. The highest BCUT2D eigenvalue weighted by molar-refractivity contribution is 4.56. The van der Waals surface area contributed by atoms with Crippen molar-refractivity contribution >= 4 is 0 Å². The van der Waals surface area contributed by atoms with Gasteiger partial charge in [0.05, 0.1) is 0 Å². The summed E-state index contributed by atoms with van der Waals surface area (Å²) in [5.74, 6) is 0. The number of hydrogen-bond acceptors (Lipinski definition) is 4. The Labute approximate surface area is 81.9 Å². The van der Waals surface area contributed by atoms with Crippen molar-refractivity contribution in [2.45, 2.75) is 6.42 Å². The highest BCUT2D eigenvalue weighted by Gasteiger charge is 1.95. The van der Waals surface area contributed by atoms with E-state index in [0.717, 1.165) is 45.7 Å². The maximum absolute atomic E-state index is 5.38. The molecule has 0 spiro atoms. The molecule has 0 bridgehead atoms. The number of nitrogens with zero attached hydrogens (tertiary/aromatic N) is 1. The van der Waals surface area contributed by atoms with Crippen molar-refractivity contribution < 1.29 is 0 Å². The quantitative estimate of drug-likeness (QED) is 0.410. The first kappa shape index (κ1) is 12.8. The van der Waals surface area contributed by atoms with Gasteiger partial charge in [0.1, 0.15) is 0 Å². The van der Waals surface area contributed by atoms with Gasteiger partial charge in [-0.2, -0.15) is 0 Å². The van der Waals surface area contributed by atoms with Gasteiger partial charge in [0.25, 0.3) is 0 Å². The Morgan fingerprint density at radius 1 is 1.15 bits per heavy atom. The fraction of sp³-hybridized carbons (Fsp3) is 1.00. The van der Waals surface area contributed by atoms with Crippen molar-refractivity contribution in [1.29, 1.82) is 0 Å². The number of hydrogen-bond donors (Lipinski definition) is 3. The van der Waals surface area contributed by atoms with Gasteiger partial charge in [-0.25, -0.2) is 0 Å². The Kier molecular flexibility index (Phi) is 9.80. The van der Waals surface area contributed by atoms with Crippen molar-refractivity contribution in [3.05, 3.63) is 0 Å². The fourth-order valence-electron chi connectivity index (χ4n) is 1.04. The predicted octanol–water partition coefficient (Wildman–Crippen LogP) is -0.924. The minimum absolute atomic E-state index is 0.780. The van der Waals surface area contributed by atoms with E-state index in [2.05, 4.69) is 22.6 Å². The second-order valence-corrected chi connectivity index (χ2v) is 3.30. The zero-order valence-corrected chi connectivity index (χ0v) is 8.97. The van der Waals surface area contributed by atoms with Crippen molar-refractivity contribution in [2.24, 2.45) is 5.73 Å². The molecular weight excluding hydrogens is 164 g/mol. The van der Waals surface area contributed by atoms with E-state index in [9.17, 15) is 0 Å². The van der Waals surface area contributed by atoms with Gasteiger partial charge in [-0.3, -0.25) is 0 Å². The van der Waals surface area contributed by atoms with E-state index < -0.39 is 0 Å². The van der Waals surface area contributed by atoms with Crippen LogP contribution in [0.1, 0.15) is 6.42 Å². The number of nitrogens with two attached hydrogens (primary N) is 1. The maximum Gasteiger partial charge on any atom is 0.0104 e. The molecule has 0 heterocycles. The number of likely N-dealkylation sites (N-methyl/N-ethyl adjacent to an activating group) is 2. The van der Waals surface area contributed by atoms with E-state index in [1.807, 2.05) is 7.05 Å². The van der Waals surface area contributed by atoms with Crippen LogP contribution in [0.2, 0.25) is 0 Å². The van der Waals surface area contributed by atoms with Crippen LogP contribution >= 0.6 is 0 Å². The number of rotatable bonds is 9. The van der Waals surface area contributed by atoms with Crippen LogP contribution in [0.25, 0.3) is 0 Å². The zero-order chi connectivity index (χ0) is 9.94. The minimum atomic E-state index is 0.780. The van der Waals surface area contributed by atoms with Gasteiger partial charge in [0, 0.05) is 26.2 Å². The van der Waals surface area contributed by atoms with Crippen LogP contribution in [0.5, 0.6) is 0 Å². The lowest BCUT2D eigenvalue weighted by atomic mass is 10.4. The van der Waals surface area contributed by atoms with E-state index in [-0.39, 0.29) is 0 Å². The molecule has 0 aromatic heterocycles. The van der Waals surface area contributed by atoms with Crippen molar-refractivity contribution in [3.63, 3.8) is 0 Å². The third-order valence-corrected chi connectivity index (χ3v) is 1.97. The first-order valence-corrected chi connectivity index (χ1v) is 5.05. The van der Waals surface area contributed by atoms with Crippen molar-refractivity contribution in [3.8, 4) is 0 Å². The molecule has 4 N–H and O–H groups in total. The molecule has 0 unspecified atom stereocenters. The Morgan fingerprint density at radius 2 is 1.85 bits per heavy atom. The lowest BCUT2D eigenvalue weighted by Crippen LogP contribution is -2.34. The van der Waals surface area contributed by atoms with E-state index in [1.54, 1.807) is 0 Å². The Morgan fingerprint density at radius 3 is 2.46 bits per heavy atom. The van der Waals surface area contributed by atoms with Crippen LogP contribution in [0.3, 0.4) is 0 Å². The summed E-state index contributed by atoms with van der Waals surface area (Å²) in [6, 6.07) is 0. The second kappa shape index (κ2) is 9.92. The van der Waals surface area contributed by atoms with Crippen LogP contribution in [0, 0.1) is 0 Å². The molecule has 4 heteroatoms. The minimum Gasteiger partial charge on any atom is -0.330 e. The summed E-state index contributed by atoms with van der Waals surface area (Å²) in [5, 5.41) is 6.48. The lowest BCUT2D eigenvalue weighted by Gasteiger charge is -2.16. The van der Waals surface area contributed by atoms with E-state index in [0.29, 0.717) is 0 Å². The molecule has 0 rings (SSSR count). The average molecular weight is 188 g/mol. The molecule has 4 nitrogen and oxygen atoms in total. The Balaban J connectivity index is 3.03. The molecule has 0 aliphatic rings. The summed E-state index contributed by atoms with van der Waals surface area (Å²) in [6.07, 6.45) is 1.07. The van der Waals surface area contributed by atoms with Gasteiger partial charge >= 0.3 is 0 Å². The van der Waals surface area contributed by atoms with E-state index in [4.69, 9.17) is 5.73 Å². The molecule has 0 saturated heterocycles. The lowest BCUT2D eigenvalue weighted by molar-refractivity contribution is 0.332.